The van der Waals surface area contributed by atoms with Gasteiger partial charge in [-0.1, -0.05) is 12.1 Å². The number of carbonyl (C=O) groups is 1. The van der Waals surface area contributed by atoms with Crippen LogP contribution in [0.15, 0.2) is 36.5 Å². The van der Waals surface area contributed by atoms with E-state index in [1.165, 1.54) is 0 Å². The highest BCUT2D eigenvalue weighted by atomic mass is 16.1. The molecule has 0 saturated carbocycles. The Kier molecular flexibility index (Phi) is 5.17. The van der Waals surface area contributed by atoms with Crippen molar-refractivity contribution in [2.24, 2.45) is 0 Å². The molecule has 1 aromatic carbocycles. The van der Waals surface area contributed by atoms with Crippen LogP contribution in [0.3, 0.4) is 0 Å². The van der Waals surface area contributed by atoms with E-state index in [1.54, 1.807) is 13.2 Å². The summed E-state index contributed by atoms with van der Waals surface area (Å²) in [6, 6.07) is 10.0. The summed E-state index contributed by atoms with van der Waals surface area (Å²) < 4.78 is 0. The fraction of sp³-hybridized carbons (Fsp3) is 0.389. The van der Waals surface area contributed by atoms with Crippen molar-refractivity contribution in [1.29, 1.82) is 0 Å². The number of aromatic nitrogens is 2. The van der Waals surface area contributed by atoms with Crippen molar-refractivity contribution >= 4 is 5.91 Å². The first-order valence-corrected chi connectivity index (χ1v) is 8.22. The lowest BCUT2D eigenvalue weighted by molar-refractivity contribution is 0.0962. The van der Waals surface area contributed by atoms with Gasteiger partial charge in [-0.2, -0.15) is 0 Å². The number of carbonyl (C=O) groups excluding carboxylic acids is 1. The molecule has 1 saturated heterocycles. The van der Waals surface area contributed by atoms with Gasteiger partial charge in [-0.15, -0.1) is 0 Å². The number of hydrogen-bond donors (Lipinski definition) is 2. The average Bonchev–Trinajstić information content (AvgIpc) is 2.61. The molecule has 1 aromatic heterocycles. The number of nitrogens with zero attached hydrogens (tertiary/aromatic N) is 3. The molecule has 1 fully saturated rings. The molecule has 1 aliphatic rings. The molecule has 0 bridgehead atoms. The van der Waals surface area contributed by atoms with Crippen molar-refractivity contribution in [3.8, 4) is 0 Å². The van der Waals surface area contributed by atoms with Crippen LogP contribution in [0, 0.1) is 6.92 Å². The lowest BCUT2D eigenvalue weighted by atomic mass is 10.00. The van der Waals surface area contributed by atoms with E-state index in [2.05, 4.69) is 31.6 Å². The molecule has 0 aliphatic carbocycles. The monoisotopic (exact) mass is 325 g/mol. The average molecular weight is 325 g/mol. The van der Waals surface area contributed by atoms with Crippen LogP contribution in [0.2, 0.25) is 0 Å². The minimum Gasteiger partial charge on any atom is -0.355 e. The topological polar surface area (TPSA) is 70.2 Å². The lowest BCUT2D eigenvalue weighted by Crippen LogP contribution is -2.45. The Bertz CT molecular complexity index is 718. The van der Waals surface area contributed by atoms with Crippen molar-refractivity contribution in [2.45, 2.75) is 19.5 Å². The van der Waals surface area contributed by atoms with Crippen molar-refractivity contribution in [3.05, 3.63) is 59.2 Å². The zero-order valence-electron chi connectivity index (χ0n) is 14.1. The Morgan fingerprint density at radius 3 is 3.08 bits per heavy atom. The van der Waals surface area contributed by atoms with Crippen LogP contribution in [0.25, 0.3) is 0 Å². The third kappa shape index (κ3) is 3.77. The third-order valence-corrected chi connectivity index (χ3v) is 4.31. The highest BCUT2D eigenvalue weighted by Crippen LogP contribution is 2.24. The molecule has 126 valence electrons. The predicted octanol–water partition coefficient (Wildman–Crippen LogP) is 1.29. The smallest absolute Gasteiger partial charge is 0.251 e. The molecule has 0 unspecified atom stereocenters. The van der Waals surface area contributed by atoms with E-state index < -0.39 is 0 Å². The van der Waals surface area contributed by atoms with Gasteiger partial charge < -0.3 is 10.6 Å². The molecular weight excluding hydrogens is 302 g/mol. The fourth-order valence-electron chi connectivity index (χ4n) is 3.10. The number of piperazine rings is 1. The molecule has 0 radical (unpaired) electrons. The fourth-order valence-corrected chi connectivity index (χ4v) is 3.10. The van der Waals surface area contributed by atoms with E-state index in [9.17, 15) is 4.79 Å². The van der Waals surface area contributed by atoms with Gasteiger partial charge in [0.25, 0.3) is 5.91 Å². The van der Waals surface area contributed by atoms with Crippen molar-refractivity contribution in [1.82, 2.24) is 25.5 Å². The lowest BCUT2D eigenvalue weighted by Gasteiger charge is -2.36. The first-order chi connectivity index (χ1) is 11.7. The summed E-state index contributed by atoms with van der Waals surface area (Å²) in [7, 11) is 1.65. The largest absolute Gasteiger partial charge is 0.355 e. The van der Waals surface area contributed by atoms with Gasteiger partial charge in [0.1, 0.15) is 5.82 Å². The first kappa shape index (κ1) is 16.5. The zero-order valence-corrected chi connectivity index (χ0v) is 14.1. The Hall–Kier alpha value is -2.31. The number of rotatable bonds is 4. The standard InChI is InChI=1S/C18H23N5O/c1-13-21-7-6-16(22-13)12-23-9-8-20-11-17(23)14-4-3-5-15(10-14)18(24)19-2/h3-7,10,17,20H,8-9,11-12H2,1-2H3,(H,19,24)/t17-/m0/s1. The van der Waals surface area contributed by atoms with Crippen LogP contribution in [0.5, 0.6) is 0 Å². The molecule has 2 aromatic rings. The number of benzene rings is 1. The highest BCUT2D eigenvalue weighted by Gasteiger charge is 2.24. The van der Waals surface area contributed by atoms with Gasteiger partial charge in [0.15, 0.2) is 0 Å². The summed E-state index contributed by atoms with van der Waals surface area (Å²) in [6.45, 7) is 5.44. The van der Waals surface area contributed by atoms with Crippen LogP contribution in [0.1, 0.15) is 33.5 Å². The molecule has 2 heterocycles. The Labute approximate surface area is 142 Å². The Balaban J connectivity index is 1.83. The minimum absolute atomic E-state index is 0.0569. The third-order valence-electron chi connectivity index (χ3n) is 4.31. The maximum atomic E-state index is 11.9. The van der Waals surface area contributed by atoms with Gasteiger partial charge in [-0.05, 0) is 30.7 Å². The first-order valence-electron chi connectivity index (χ1n) is 8.22. The van der Waals surface area contributed by atoms with Gasteiger partial charge in [-0.25, -0.2) is 9.97 Å². The Morgan fingerprint density at radius 1 is 1.42 bits per heavy atom. The van der Waals surface area contributed by atoms with Crippen LogP contribution in [-0.4, -0.2) is 47.5 Å². The van der Waals surface area contributed by atoms with Gasteiger partial charge >= 0.3 is 0 Å². The van der Waals surface area contributed by atoms with Crippen LogP contribution < -0.4 is 10.6 Å². The van der Waals surface area contributed by atoms with E-state index in [4.69, 9.17) is 0 Å². The van der Waals surface area contributed by atoms with Crippen LogP contribution in [-0.2, 0) is 6.54 Å². The summed E-state index contributed by atoms with van der Waals surface area (Å²) in [5.41, 5.74) is 2.87. The van der Waals surface area contributed by atoms with Crippen molar-refractivity contribution < 1.29 is 4.79 Å². The number of aryl methyl sites for hydroxylation is 1. The maximum Gasteiger partial charge on any atom is 0.251 e. The van der Waals surface area contributed by atoms with Crippen LogP contribution in [0.4, 0.5) is 0 Å². The summed E-state index contributed by atoms with van der Waals surface area (Å²) in [6.07, 6.45) is 1.81. The number of nitrogens with one attached hydrogen (secondary N) is 2. The summed E-state index contributed by atoms with van der Waals surface area (Å²) in [5, 5.41) is 6.13. The molecule has 1 atom stereocenters. The molecule has 24 heavy (non-hydrogen) atoms. The van der Waals surface area contributed by atoms with Gasteiger partial charge in [0.05, 0.1) is 5.69 Å². The van der Waals surface area contributed by atoms with E-state index in [0.29, 0.717) is 5.56 Å². The van der Waals surface area contributed by atoms with Crippen molar-refractivity contribution in [2.75, 3.05) is 26.7 Å². The summed E-state index contributed by atoms with van der Waals surface area (Å²) in [5.74, 6) is 0.736. The molecule has 6 heteroatoms. The van der Waals surface area contributed by atoms with Gasteiger partial charge in [0.2, 0.25) is 0 Å². The van der Waals surface area contributed by atoms with Crippen molar-refractivity contribution in [3.63, 3.8) is 0 Å². The predicted molar refractivity (Wildman–Crippen MR) is 92.6 cm³/mol. The molecular formula is C18H23N5O. The molecule has 6 nitrogen and oxygen atoms in total. The molecule has 0 spiro atoms. The number of hydrogen-bond acceptors (Lipinski definition) is 5. The SMILES string of the molecule is CNC(=O)c1cccc([C@@H]2CNCCN2Cc2ccnc(C)n2)c1. The molecule has 1 amide bonds. The Morgan fingerprint density at radius 2 is 2.29 bits per heavy atom. The molecule has 1 aliphatic heterocycles. The second-order valence-corrected chi connectivity index (χ2v) is 5.99. The summed E-state index contributed by atoms with van der Waals surface area (Å²) >= 11 is 0. The minimum atomic E-state index is -0.0569. The maximum absolute atomic E-state index is 11.9. The van der Waals surface area contributed by atoms with E-state index in [1.807, 2.05) is 31.2 Å². The molecule has 2 N–H and O–H groups in total. The van der Waals surface area contributed by atoms with Crippen LogP contribution >= 0.6 is 0 Å². The summed E-state index contributed by atoms with van der Waals surface area (Å²) in [4.78, 5) is 23.0. The van der Waals surface area contributed by atoms with E-state index in [0.717, 1.165) is 43.3 Å². The van der Waals surface area contributed by atoms with Gasteiger partial charge in [0, 0.05) is 51.0 Å². The zero-order chi connectivity index (χ0) is 16.9. The normalized spacial score (nSPS) is 18.3. The quantitative estimate of drug-likeness (QED) is 0.886. The second-order valence-electron chi connectivity index (χ2n) is 5.99. The van der Waals surface area contributed by atoms with E-state index in [-0.39, 0.29) is 11.9 Å². The second kappa shape index (κ2) is 7.51. The molecule has 3 rings (SSSR count). The van der Waals surface area contributed by atoms with Gasteiger partial charge in [-0.3, -0.25) is 9.69 Å². The highest BCUT2D eigenvalue weighted by molar-refractivity contribution is 5.94. The number of amides is 1. The van der Waals surface area contributed by atoms with E-state index >= 15 is 0 Å².